The van der Waals surface area contributed by atoms with Crippen LogP contribution in [0.25, 0.3) is 0 Å². The molecule has 0 unspecified atom stereocenters. The van der Waals surface area contributed by atoms with Crippen LogP contribution in [-0.4, -0.2) is 17.3 Å². The van der Waals surface area contributed by atoms with Crippen LogP contribution >= 0.6 is 23.4 Å². The summed E-state index contributed by atoms with van der Waals surface area (Å²) in [6, 6.07) is 5.60. The minimum absolute atomic E-state index is 0.230. The lowest BCUT2D eigenvalue weighted by atomic mass is 10.2. The fourth-order valence-corrected chi connectivity index (χ4v) is 2.33. The molecule has 0 bridgehead atoms. The van der Waals surface area contributed by atoms with Gasteiger partial charge in [0.15, 0.2) is 0 Å². The summed E-state index contributed by atoms with van der Waals surface area (Å²) < 4.78 is 5.22. The zero-order valence-electron chi connectivity index (χ0n) is 10.8. The van der Waals surface area contributed by atoms with E-state index >= 15 is 0 Å². The Morgan fingerprint density at radius 3 is 2.61 bits per heavy atom. The predicted molar refractivity (Wildman–Crippen MR) is 75.9 cm³/mol. The number of carbonyl (C=O) groups excluding carboxylic acids is 1. The second-order valence-electron chi connectivity index (χ2n) is 4.83. The minimum Gasteiger partial charge on any atom is -0.459 e. The van der Waals surface area contributed by atoms with Gasteiger partial charge in [0.2, 0.25) is 0 Å². The first-order valence-electron chi connectivity index (χ1n) is 5.65. The maximum absolute atomic E-state index is 11.5. The molecule has 0 heterocycles. The number of nitrogens with two attached hydrogens (primary N) is 1. The Morgan fingerprint density at radius 1 is 1.44 bits per heavy atom. The summed E-state index contributed by atoms with van der Waals surface area (Å²) >= 11 is 7.44. The van der Waals surface area contributed by atoms with E-state index in [1.807, 2.05) is 39.0 Å². The molecule has 0 atom stereocenters. The van der Waals surface area contributed by atoms with Crippen molar-refractivity contribution in [2.75, 3.05) is 5.75 Å². The van der Waals surface area contributed by atoms with E-state index in [1.54, 1.807) is 0 Å². The van der Waals surface area contributed by atoms with Crippen LogP contribution in [0.1, 0.15) is 26.3 Å². The Morgan fingerprint density at radius 2 is 2.11 bits per heavy atom. The number of hydrogen-bond acceptors (Lipinski definition) is 4. The third-order valence-electron chi connectivity index (χ3n) is 2.02. The molecule has 0 saturated heterocycles. The highest BCUT2D eigenvalue weighted by Gasteiger charge is 2.16. The zero-order chi connectivity index (χ0) is 13.8. The summed E-state index contributed by atoms with van der Waals surface area (Å²) in [6.45, 7) is 5.96. The molecule has 100 valence electrons. The van der Waals surface area contributed by atoms with Crippen molar-refractivity contribution < 1.29 is 9.53 Å². The SMILES string of the molecule is CC(C)(C)OC(=O)CSc1ccc(CN)c(Cl)c1. The summed E-state index contributed by atoms with van der Waals surface area (Å²) in [5.74, 6) is 0.0433. The van der Waals surface area contributed by atoms with Crippen LogP contribution in [0.4, 0.5) is 0 Å². The topological polar surface area (TPSA) is 52.3 Å². The summed E-state index contributed by atoms with van der Waals surface area (Å²) in [5, 5.41) is 0.631. The molecule has 1 aromatic carbocycles. The molecule has 0 aliphatic carbocycles. The number of carbonyl (C=O) groups is 1. The molecule has 18 heavy (non-hydrogen) atoms. The second kappa shape index (κ2) is 6.45. The third-order valence-corrected chi connectivity index (χ3v) is 3.34. The highest BCUT2D eigenvalue weighted by atomic mass is 35.5. The Bertz CT molecular complexity index is 429. The highest BCUT2D eigenvalue weighted by molar-refractivity contribution is 8.00. The molecule has 0 aliphatic heterocycles. The lowest BCUT2D eigenvalue weighted by molar-refractivity contribution is -0.151. The van der Waals surface area contributed by atoms with Gasteiger partial charge in [-0.2, -0.15) is 0 Å². The van der Waals surface area contributed by atoms with Gasteiger partial charge in [-0.25, -0.2) is 0 Å². The molecule has 1 aromatic rings. The molecule has 2 N–H and O–H groups in total. The maximum atomic E-state index is 11.5. The minimum atomic E-state index is -0.446. The van der Waals surface area contributed by atoms with E-state index in [0.717, 1.165) is 10.5 Å². The van der Waals surface area contributed by atoms with E-state index in [-0.39, 0.29) is 11.7 Å². The third kappa shape index (κ3) is 5.29. The first kappa shape index (κ1) is 15.3. The molecule has 0 radical (unpaired) electrons. The van der Waals surface area contributed by atoms with Gasteiger partial charge in [-0.05, 0) is 38.5 Å². The predicted octanol–water partition coefficient (Wildman–Crippen LogP) is 3.23. The number of rotatable bonds is 4. The van der Waals surface area contributed by atoms with Gasteiger partial charge in [-0.15, -0.1) is 11.8 Å². The largest absolute Gasteiger partial charge is 0.459 e. The van der Waals surface area contributed by atoms with Gasteiger partial charge in [-0.1, -0.05) is 17.7 Å². The molecule has 0 aromatic heterocycles. The Hall–Kier alpha value is -0.710. The smallest absolute Gasteiger partial charge is 0.316 e. The molecule has 0 saturated carbocycles. The van der Waals surface area contributed by atoms with Gasteiger partial charge in [0, 0.05) is 16.5 Å². The normalized spacial score (nSPS) is 11.4. The van der Waals surface area contributed by atoms with Crippen molar-refractivity contribution in [3.63, 3.8) is 0 Å². The van der Waals surface area contributed by atoms with Crippen LogP contribution in [0.3, 0.4) is 0 Å². The number of ether oxygens (including phenoxy) is 1. The maximum Gasteiger partial charge on any atom is 0.316 e. The van der Waals surface area contributed by atoms with E-state index in [0.29, 0.717) is 11.6 Å². The van der Waals surface area contributed by atoms with Gasteiger partial charge in [0.1, 0.15) is 5.60 Å². The number of esters is 1. The van der Waals surface area contributed by atoms with Crippen LogP contribution in [0, 0.1) is 0 Å². The zero-order valence-corrected chi connectivity index (χ0v) is 12.4. The first-order chi connectivity index (χ1) is 8.31. The van der Waals surface area contributed by atoms with Crippen molar-refractivity contribution in [3.8, 4) is 0 Å². The van der Waals surface area contributed by atoms with Gasteiger partial charge in [0.05, 0.1) is 5.75 Å². The fraction of sp³-hybridized carbons (Fsp3) is 0.462. The van der Waals surface area contributed by atoms with Crippen molar-refractivity contribution in [1.82, 2.24) is 0 Å². The van der Waals surface area contributed by atoms with Crippen LogP contribution < -0.4 is 5.73 Å². The Kier molecular flexibility index (Phi) is 5.50. The van der Waals surface area contributed by atoms with Crippen LogP contribution in [0.5, 0.6) is 0 Å². The van der Waals surface area contributed by atoms with E-state index < -0.39 is 5.60 Å². The number of benzene rings is 1. The van der Waals surface area contributed by atoms with Crippen molar-refractivity contribution in [2.24, 2.45) is 5.73 Å². The molecular weight excluding hydrogens is 270 g/mol. The van der Waals surface area contributed by atoms with E-state index in [1.165, 1.54) is 11.8 Å². The first-order valence-corrected chi connectivity index (χ1v) is 7.01. The van der Waals surface area contributed by atoms with Crippen molar-refractivity contribution in [3.05, 3.63) is 28.8 Å². The molecule has 0 amide bonds. The molecule has 1 rings (SSSR count). The Labute approximate surface area is 117 Å². The number of hydrogen-bond donors (Lipinski definition) is 1. The quantitative estimate of drug-likeness (QED) is 0.682. The van der Waals surface area contributed by atoms with Gasteiger partial charge in [0.25, 0.3) is 0 Å². The summed E-state index contributed by atoms with van der Waals surface area (Å²) in [4.78, 5) is 12.5. The highest BCUT2D eigenvalue weighted by Crippen LogP contribution is 2.25. The number of thioether (sulfide) groups is 1. The van der Waals surface area contributed by atoms with Gasteiger partial charge < -0.3 is 10.5 Å². The molecule has 5 heteroatoms. The fourth-order valence-electron chi connectivity index (χ4n) is 1.30. The van der Waals surface area contributed by atoms with Crippen molar-refractivity contribution >= 4 is 29.3 Å². The van der Waals surface area contributed by atoms with E-state index in [2.05, 4.69) is 0 Å². The number of halogens is 1. The molecule has 0 aliphatic rings. The molecule has 0 spiro atoms. The average molecular weight is 288 g/mol. The monoisotopic (exact) mass is 287 g/mol. The van der Waals surface area contributed by atoms with Gasteiger partial charge >= 0.3 is 5.97 Å². The van der Waals surface area contributed by atoms with Crippen LogP contribution in [0.2, 0.25) is 5.02 Å². The van der Waals surface area contributed by atoms with Crippen molar-refractivity contribution in [2.45, 2.75) is 37.8 Å². The average Bonchev–Trinajstić information content (AvgIpc) is 2.24. The molecular formula is C13H18ClNO2S. The van der Waals surface area contributed by atoms with Crippen molar-refractivity contribution in [1.29, 1.82) is 0 Å². The van der Waals surface area contributed by atoms with Gasteiger partial charge in [-0.3, -0.25) is 4.79 Å². The summed E-state index contributed by atoms with van der Waals surface area (Å²) in [7, 11) is 0. The lowest BCUT2D eigenvalue weighted by Gasteiger charge is -2.19. The summed E-state index contributed by atoms with van der Waals surface area (Å²) in [6.07, 6.45) is 0. The standard InChI is InChI=1S/C13H18ClNO2S/c1-13(2,3)17-12(16)8-18-10-5-4-9(7-15)11(14)6-10/h4-6H,7-8,15H2,1-3H3. The van der Waals surface area contributed by atoms with E-state index in [4.69, 9.17) is 22.1 Å². The molecule has 3 nitrogen and oxygen atoms in total. The van der Waals surface area contributed by atoms with E-state index in [9.17, 15) is 4.79 Å². The Balaban J connectivity index is 2.54. The second-order valence-corrected chi connectivity index (χ2v) is 6.29. The van der Waals surface area contributed by atoms with Crippen LogP contribution in [0.15, 0.2) is 23.1 Å². The summed E-state index contributed by atoms with van der Waals surface area (Å²) in [5.41, 5.74) is 5.98. The lowest BCUT2D eigenvalue weighted by Crippen LogP contribution is -2.24. The van der Waals surface area contributed by atoms with Crippen LogP contribution in [-0.2, 0) is 16.1 Å². The molecule has 0 fully saturated rings.